The van der Waals surface area contributed by atoms with E-state index in [9.17, 15) is 10.1 Å². The molecule has 0 radical (unpaired) electrons. The first-order valence-corrected chi connectivity index (χ1v) is 6.11. The number of nitro benzene ring substituents is 1. The van der Waals surface area contributed by atoms with E-state index in [2.05, 4.69) is 0 Å². The lowest BCUT2D eigenvalue weighted by molar-refractivity contribution is -0.385. The van der Waals surface area contributed by atoms with Crippen molar-refractivity contribution >= 4 is 17.0 Å². The molecule has 0 N–H and O–H groups in total. The van der Waals surface area contributed by atoms with Gasteiger partial charge in [0.15, 0.2) is 11.5 Å². The van der Waals surface area contributed by atoms with Gasteiger partial charge in [-0.15, -0.1) is 0 Å². The predicted molar refractivity (Wildman–Crippen MR) is 68.3 cm³/mol. The number of thiophene rings is 1. The molecule has 0 aliphatic heterocycles. The van der Waals surface area contributed by atoms with Crippen molar-refractivity contribution in [3.8, 4) is 11.5 Å². The van der Waals surface area contributed by atoms with E-state index in [4.69, 9.17) is 9.47 Å². The van der Waals surface area contributed by atoms with Gasteiger partial charge in [0.2, 0.25) is 0 Å². The summed E-state index contributed by atoms with van der Waals surface area (Å²) in [4.78, 5) is 10.2. The van der Waals surface area contributed by atoms with Crippen LogP contribution in [-0.4, -0.2) is 12.0 Å². The second-order valence-corrected chi connectivity index (χ2v) is 4.29. The molecule has 0 aliphatic rings. The summed E-state index contributed by atoms with van der Waals surface area (Å²) in [5, 5.41) is 14.6. The number of hydrogen-bond acceptors (Lipinski definition) is 5. The van der Waals surface area contributed by atoms with Crippen LogP contribution >= 0.6 is 11.3 Å². The molecule has 0 bridgehead atoms. The Bertz CT molecular complexity index is 539. The zero-order valence-corrected chi connectivity index (χ0v) is 10.5. The Morgan fingerprint density at radius 2 is 2.17 bits per heavy atom. The van der Waals surface area contributed by atoms with Crippen LogP contribution in [0.25, 0.3) is 0 Å². The highest BCUT2D eigenvalue weighted by Gasteiger charge is 2.12. The summed E-state index contributed by atoms with van der Waals surface area (Å²) in [6.07, 6.45) is 0. The maximum Gasteiger partial charge on any atom is 0.273 e. The predicted octanol–water partition coefficient (Wildman–Crippen LogP) is 3.24. The average molecular weight is 265 g/mol. The lowest BCUT2D eigenvalue weighted by atomic mass is 10.3. The second-order valence-electron chi connectivity index (χ2n) is 3.51. The van der Waals surface area contributed by atoms with Crippen molar-refractivity contribution in [2.24, 2.45) is 0 Å². The third kappa shape index (κ3) is 2.78. The van der Waals surface area contributed by atoms with E-state index < -0.39 is 4.92 Å². The Balaban J connectivity index is 2.14. The summed E-state index contributed by atoms with van der Waals surface area (Å²) in [7, 11) is 1.45. The van der Waals surface area contributed by atoms with Crippen LogP contribution in [0, 0.1) is 10.1 Å². The van der Waals surface area contributed by atoms with E-state index in [1.165, 1.54) is 19.2 Å². The topological polar surface area (TPSA) is 61.6 Å². The van der Waals surface area contributed by atoms with Gasteiger partial charge < -0.3 is 9.47 Å². The summed E-state index contributed by atoms with van der Waals surface area (Å²) in [6.45, 7) is 0.414. The van der Waals surface area contributed by atoms with Crippen molar-refractivity contribution in [2.45, 2.75) is 6.61 Å². The van der Waals surface area contributed by atoms with E-state index in [1.807, 2.05) is 16.8 Å². The minimum atomic E-state index is -0.467. The monoisotopic (exact) mass is 265 g/mol. The molecule has 0 amide bonds. The molecule has 0 fully saturated rings. The Labute approximate surface area is 108 Å². The smallest absolute Gasteiger partial charge is 0.273 e. The van der Waals surface area contributed by atoms with Crippen LogP contribution < -0.4 is 9.47 Å². The largest absolute Gasteiger partial charge is 0.493 e. The summed E-state index contributed by atoms with van der Waals surface area (Å²) in [6, 6.07) is 6.25. The average Bonchev–Trinajstić information content (AvgIpc) is 2.89. The maximum absolute atomic E-state index is 10.6. The van der Waals surface area contributed by atoms with Crippen LogP contribution in [0.1, 0.15) is 5.56 Å². The molecule has 0 unspecified atom stereocenters. The highest BCUT2D eigenvalue weighted by atomic mass is 32.1. The van der Waals surface area contributed by atoms with E-state index in [-0.39, 0.29) is 5.69 Å². The Hall–Kier alpha value is -2.08. The number of nitro groups is 1. The first kappa shape index (κ1) is 12.4. The third-order valence-corrected chi connectivity index (χ3v) is 3.06. The van der Waals surface area contributed by atoms with Crippen molar-refractivity contribution in [1.29, 1.82) is 0 Å². The molecule has 1 aromatic carbocycles. The fourth-order valence-electron chi connectivity index (χ4n) is 1.42. The zero-order chi connectivity index (χ0) is 13.0. The molecule has 1 aromatic heterocycles. The van der Waals surface area contributed by atoms with Crippen LogP contribution in [0.3, 0.4) is 0 Å². The Kier molecular flexibility index (Phi) is 3.78. The maximum atomic E-state index is 10.6. The van der Waals surface area contributed by atoms with Gasteiger partial charge >= 0.3 is 0 Å². The molecule has 1 heterocycles. The number of rotatable bonds is 5. The Morgan fingerprint density at radius 3 is 2.78 bits per heavy atom. The summed E-state index contributed by atoms with van der Waals surface area (Å²) >= 11 is 1.59. The van der Waals surface area contributed by atoms with Gasteiger partial charge in [0.25, 0.3) is 5.69 Å². The zero-order valence-electron chi connectivity index (χ0n) is 9.66. The fourth-order valence-corrected chi connectivity index (χ4v) is 2.08. The number of methoxy groups -OCH3 is 1. The molecule has 18 heavy (non-hydrogen) atoms. The van der Waals surface area contributed by atoms with Gasteiger partial charge in [-0.1, -0.05) is 0 Å². The minimum Gasteiger partial charge on any atom is -0.493 e. The number of nitrogens with zero attached hydrogens (tertiary/aromatic N) is 1. The Morgan fingerprint density at radius 1 is 1.33 bits per heavy atom. The molecule has 0 saturated heterocycles. The molecule has 0 spiro atoms. The van der Waals surface area contributed by atoms with Gasteiger partial charge in [0, 0.05) is 6.07 Å². The molecule has 0 saturated carbocycles. The molecule has 2 rings (SSSR count). The molecule has 2 aromatic rings. The molecule has 94 valence electrons. The number of benzene rings is 1. The molecule has 5 nitrogen and oxygen atoms in total. The number of ether oxygens (including phenoxy) is 2. The molecule has 6 heteroatoms. The molecule has 0 aliphatic carbocycles. The lowest BCUT2D eigenvalue weighted by Gasteiger charge is -2.09. The number of hydrogen-bond donors (Lipinski definition) is 0. The van der Waals surface area contributed by atoms with Gasteiger partial charge in [-0.2, -0.15) is 11.3 Å². The first-order chi connectivity index (χ1) is 8.70. The van der Waals surface area contributed by atoms with Crippen LogP contribution in [0.4, 0.5) is 5.69 Å². The van der Waals surface area contributed by atoms with Gasteiger partial charge in [-0.25, -0.2) is 0 Å². The standard InChI is InChI=1S/C12H11NO4S/c1-16-12-6-10(13(14)15)2-3-11(12)17-7-9-4-5-18-8-9/h2-6,8H,7H2,1H3. The molecule has 0 atom stereocenters. The van der Waals surface area contributed by atoms with Gasteiger partial charge in [0.1, 0.15) is 6.61 Å². The third-order valence-electron chi connectivity index (χ3n) is 2.33. The van der Waals surface area contributed by atoms with Gasteiger partial charge in [-0.3, -0.25) is 10.1 Å². The molecular weight excluding hydrogens is 254 g/mol. The van der Waals surface area contributed by atoms with Crippen LogP contribution in [-0.2, 0) is 6.61 Å². The van der Waals surface area contributed by atoms with Crippen molar-refractivity contribution in [3.63, 3.8) is 0 Å². The van der Waals surface area contributed by atoms with Crippen LogP contribution in [0.15, 0.2) is 35.0 Å². The van der Waals surface area contributed by atoms with Gasteiger partial charge in [-0.05, 0) is 28.5 Å². The highest BCUT2D eigenvalue weighted by molar-refractivity contribution is 7.07. The van der Waals surface area contributed by atoms with E-state index in [0.717, 1.165) is 5.56 Å². The van der Waals surface area contributed by atoms with Crippen molar-refractivity contribution < 1.29 is 14.4 Å². The lowest BCUT2D eigenvalue weighted by Crippen LogP contribution is -1.97. The fraction of sp³-hybridized carbons (Fsp3) is 0.167. The SMILES string of the molecule is COc1cc([N+](=O)[O-])ccc1OCc1ccsc1. The van der Waals surface area contributed by atoms with Crippen LogP contribution in [0.2, 0.25) is 0 Å². The molecular formula is C12H11NO4S. The minimum absolute atomic E-state index is 0.0188. The summed E-state index contributed by atoms with van der Waals surface area (Å²) < 4.78 is 10.6. The van der Waals surface area contributed by atoms with E-state index in [0.29, 0.717) is 18.1 Å². The number of non-ortho nitro benzene ring substituents is 1. The summed E-state index contributed by atoms with van der Waals surface area (Å²) in [5.74, 6) is 0.855. The highest BCUT2D eigenvalue weighted by Crippen LogP contribution is 2.31. The quantitative estimate of drug-likeness (QED) is 0.615. The van der Waals surface area contributed by atoms with Crippen molar-refractivity contribution in [3.05, 3.63) is 50.7 Å². The van der Waals surface area contributed by atoms with E-state index in [1.54, 1.807) is 17.4 Å². The van der Waals surface area contributed by atoms with Gasteiger partial charge in [0.05, 0.1) is 18.1 Å². The van der Waals surface area contributed by atoms with Crippen LogP contribution in [0.5, 0.6) is 11.5 Å². The second kappa shape index (κ2) is 5.50. The normalized spacial score (nSPS) is 10.1. The van der Waals surface area contributed by atoms with E-state index >= 15 is 0 Å². The van der Waals surface area contributed by atoms with Crippen molar-refractivity contribution in [2.75, 3.05) is 7.11 Å². The van der Waals surface area contributed by atoms with Crippen molar-refractivity contribution in [1.82, 2.24) is 0 Å². The first-order valence-electron chi connectivity index (χ1n) is 5.17. The summed E-state index contributed by atoms with van der Waals surface area (Å²) in [5.41, 5.74) is 1.04.